The van der Waals surface area contributed by atoms with Gasteiger partial charge in [-0.3, -0.25) is 19.3 Å². The monoisotopic (exact) mass is 546 g/mol. The molecule has 0 saturated carbocycles. The molecule has 3 amide bonds. The van der Waals surface area contributed by atoms with Gasteiger partial charge < -0.3 is 26.2 Å². The van der Waals surface area contributed by atoms with Crippen LogP contribution < -0.4 is 16.4 Å². The zero-order chi connectivity index (χ0) is 25.9. The van der Waals surface area contributed by atoms with E-state index in [4.69, 9.17) is 10.5 Å². The van der Waals surface area contributed by atoms with Gasteiger partial charge in [0.2, 0.25) is 11.1 Å². The molecular weight excluding hydrogens is 520 g/mol. The number of aliphatic carboxylic acids is 1. The highest BCUT2D eigenvalue weighted by molar-refractivity contribution is 8.01. The molecule has 2 aliphatic heterocycles. The zero-order valence-electron chi connectivity index (χ0n) is 19.4. The molecular formula is C18H26N8O6S3. The molecule has 2 aliphatic rings. The number of aromatic nitrogens is 4. The summed E-state index contributed by atoms with van der Waals surface area (Å²) >= 11 is 3.65. The molecule has 0 radical (unpaired) electrons. The van der Waals surface area contributed by atoms with E-state index in [-0.39, 0.29) is 17.2 Å². The first-order valence-corrected chi connectivity index (χ1v) is 13.5. The maximum Gasteiger partial charge on any atom is 0.352 e. The Morgan fingerprint density at radius 1 is 1.40 bits per heavy atom. The van der Waals surface area contributed by atoms with E-state index in [1.54, 1.807) is 7.05 Å². The third-order valence-corrected chi connectivity index (χ3v) is 8.63. The number of amides is 3. The van der Waals surface area contributed by atoms with Crippen LogP contribution in [0.2, 0.25) is 0 Å². The lowest BCUT2D eigenvalue weighted by molar-refractivity contribution is -0.192. The number of carbonyl (C=O) groups excluding carboxylic acids is 3. The minimum atomic E-state index is -1.78. The van der Waals surface area contributed by atoms with Crippen molar-refractivity contribution in [2.24, 2.45) is 12.8 Å². The van der Waals surface area contributed by atoms with Gasteiger partial charge in [0.15, 0.2) is 5.37 Å². The average Bonchev–Trinajstić information content (AvgIpc) is 3.23. The van der Waals surface area contributed by atoms with Crippen LogP contribution in [0.5, 0.6) is 0 Å². The van der Waals surface area contributed by atoms with Crippen LogP contribution in [0, 0.1) is 0 Å². The quantitative estimate of drug-likeness (QED) is 0.143. The van der Waals surface area contributed by atoms with Crippen LogP contribution >= 0.6 is 35.3 Å². The number of nitrogens with two attached hydrogens (primary N) is 1. The van der Waals surface area contributed by atoms with Gasteiger partial charge in [-0.15, -0.1) is 28.6 Å². The van der Waals surface area contributed by atoms with Gasteiger partial charge in [-0.05, 0) is 28.7 Å². The Labute approximate surface area is 213 Å². The van der Waals surface area contributed by atoms with E-state index in [0.29, 0.717) is 16.5 Å². The lowest BCUT2D eigenvalue weighted by atomic mass is 9.98. The smallest absolute Gasteiger partial charge is 0.352 e. The topological polar surface area (TPSA) is 195 Å². The normalized spacial score (nSPS) is 23.3. The summed E-state index contributed by atoms with van der Waals surface area (Å²) in [5.41, 5.74) is 4.16. The van der Waals surface area contributed by atoms with E-state index >= 15 is 0 Å². The molecule has 1 aromatic heterocycles. The van der Waals surface area contributed by atoms with Gasteiger partial charge >= 0.3 is 5.97 Å². The molecule has 192 valence electrons. The van der Waals surface area contributed by atoms with Crippen LogP contribution in [-0.2, 0) is 31.0 Å². The van der Waals surface area contributed by atoms with Crippen molar-refractivity contribution in [2.45, 2.75) is 41.5 Å². The third-order valence-electron chi connectivity index (χ3n) is 5.16. The molecule has 1 aromatic rings. The summed E-state index contributed by atoms with van der Waals surface area (Å²) < 4.78 is 6.92. The molecule has 1 fully saturated rings. The lowest BCUT2D eigenvalue weighted by Crippen LogP contribution is -2.81. The number of nitrogens with one attached hydrogen (secondary N) is 2. The highest BCUT2D eigenvalue weighted by Gasteiger charge is 2.66. The number of rotatable bonds is 11. The van der Waals surface area contributed by atoms with Crippen molar-refractivity contribution < 1.29 is 29.0 Å². The second kappa shape index (κ2) is 11.2. The number of β-lactam (4-membered cyclic amide) rings is 1. The van der Waals surface area contributed by atoms with Crippen molar-refractivity contribution in [3.63, 3.8) is 0 Å². The van der Waals surface area contributed by atoms with E-state index in [0.717, 1.165) is 16.7 Å². The fourth-order valence-corrected chi connectivity index (χ4v) is 6.58. The molecule has 0 bridgehead atoms. The number of carboxylic acids is 1. The molecule has 0 aromatic carbocycles. The fraction of sp³-hybridized carbons (Fsp3) is 0.611. The predicted octanol–water partition coefficient (Wildman–Crippen LogP) is -1.44. The molecule has 35 heavy (non-hydrogen) atoms. The minimum absolute atomic E-state index is 0.159. The van der Waals surface area contributed by atoms with Crippen molar-refractivity contribution in [1.29, 1.82) is 0 Å². The highest BCUT2D eigenvalue weighted by atomic mass is 32.2. The van der Waals surface area contributed by atoms with Crippen LogP contribution in [0.1, 0.15) is 13.8 Å². The molecule has 3 rings (SSSR count). The molecule has 0 spiro atoms. The number of tetrazole rings is 1. The van der Waals surface area contributed by atoms with Gasteiger partial charge in [-0.2, -0.15) is 0 Å². The van der Waals surface area contributed by atoms with Crippen LogP contribution in [0.15, 0.2) is 16.4 Å². The number of methoxy groups -OCH3 is 1. The van der Waals surface area contributed by atoms with Crippen molar-refractivity contribution in [3.8, 4) is 0 Å². The van der Waals surface area contributed by atoms with Crippen molar-refractivity contribution >= 4 is 59.0 Å². The second-order valence-electron chi connectivity index (χ2n) is 7.53. The molecule has 0 aliphatic carbocycles. The van der Waals surface area contributed by atoms with Crippen LogP contribution in [-0.4, -0.2) is 101 Å². The zero-order valence-corrected chi connectivity index (χ0v) is 21.8. The Balaban J connectivity index is 1.81. The van der Waals surface area contributed by atoms with E-state index in [9.17, 15) is 24.3 Å². The molecule has 4 atom stereocenters. The summed E-state index contributed by atoms with van der Waals surface area (Å²) in [6, 6.07) is -0.828. The summed E-state index contributed by atoms with van der Waals surface area (Å²) in [5, 5.41) is 24.9. The lowest BCUT2D eigenvalue weighted by Gasteiger charge is -2.56. The Morgan fingerprint density at radius 2 is 2.11 bits per heavy atom. The number of fused-ring (bicyclic) bond motifs is 1. The van der Waals surface area contributed by atoms with Crippen LogP contribution in [0.3, 0.4) is 0 Å². The first kappa shape index (κ1) is 27.3. The number of aryl methyl sites for hydroxylation is 1. The predicted molar refractivity (Wildman–Crippen MR) is 129 cm³/mol. The summed E-state index contributed by atoms with van der Waals surface area (Å²) in [5.74, 6) is -2.13. The number of carboxylic acid groups (broad SMARTS) is 1. The van der Waals surface area contributed by atoms with Crippen molar-refractivity contribution in [2.75, 3.05) is 24.4 Å². The number of ether oxygens (including phenoxy) is 1. The summed E-state index contributed by atoms with van der Waals surface area (Å²) in [4.78, 5) is 51.6. The van der Waals surface area contributed by atoms with Crippen molar-refractivity contribution in [3.05, 3.63) is 11.3 Å². The molecule has 17 heteroatoms. The van der Waals surface area contributed by atoms with Gasteiger partial charge in [0.05, 0.1) is 6.04 Å². The Bertz CT molecular complexity index is 1050. The van der Waals surface area contributed by atoms with Gasteiger partial charge in [0.1, 0.15) is 11.1 Å². The van der Waals surface area contributed by atoms with Crippen LogP contribution in [0.4, 0.5) is 0 Å². The Hall–Kier alpha value is -2.34. The number of carbonyl (C=O) groups is 4. The van der Waals surface area contributed by atoms with Crippen molar-refractivity contribution in [1.82, 2.24) is 35.7 Å². The number of hydrogen-bond acceptors (Lipinski definition) is 12. The largest absolute Gasteiger partial charge is 0.477 e. The number of nitrogens with zero attached hydrogens (tertiary/aromatic N) is 5. The highest BCUT2D eigenvalue weighted by Crippen LogP contribution is 2.47. The molecule has 5 N–H and O–H groups in total. The van der Waals surface area contributed by atoms with E-state index in [1.807, 2.05) is 6.92 Å². The van der Waals surface area contributed by atoms with E-state index in [1.165, 1.54) is 42.2 Å². The minimum Gasteiger partial charge on any atom is -0.477 e. The van der Waals surface area contributed by atoms with Gasteiger partial charge in [0.25, 0.3) is 17.5 Å². The maximum atomic E-state index is 13.3. The summed E-state index contributed by atoms with van der Waals surface area (Å²) in [6.45, 7) is 3.29. The third kappa shape index (κ3) is 5.28. The van der Waals surface area contributed by atoms with Gasteiger partial charge in [-0.25, -0.2) is 9.48 Å². The summed E-state index contributed by atoms with van der Waals surface area (Å²) in [6.07, 6.45) is 0. The first-order chi connectivity index (χ1) is 16.6. The van der Waals surface area contributed by atoms with Crippen LogP contribution in [0.25, 0.3) is 0 Å². The Kier molecular flexibility index (Phi) is 8.68. The molecule has 14 nitrogen and oxygen atoms in total. The average molecular weight is 547 g/mol. The summed E-state index contributed by atoms with van der Waals surface area (Å²) in [7, 11) is 2.92. The standard InChI is InChI=1S/C18H26N8O6S3/c1-5-33-13(20-11(27)8(2)19)12(28)21-18(32-4)15(31)26-10(14(29)30)9(6-34-16(18)26)7-35-17-22-23-24-25(17)3/h8,13,16H,5-7,19H2,1-4H3,(H,20,27)(H,21,28)(H,29,30)/t8-,13?,16+,18+/m1/s1. The van der Waals surface area contributed by atoms with E-state index < -0.39 is 46.2 Å². The number of hydrogen-bond donors (Lipinski definition) is 4. The number of thioether (sulfide) groups is 3. The molecule has 1 saturated heterocycles. The second-order valence-corrected chi connectivity index (χ2v) is 10.9. The fourth-order valence-electron chi connectivity index (χ4n) is 3.41. The van der Waals surface area contributed by atoms with E-state index in [2.05, 4.69) is 26.2 Å². The van der Waals surface area contributed by atoms with Gasteiger partial charge in [-0.1, -0.05) is 18.7 Å². The molecule has 1 unspecified atom stereocenters. The SMILES string of the molecule is CCSC(NC(=O)[C@@H](C)N)C(=O)N[C@]1(OC)C(=O)N2C(C(=O)O)=C(CSc3nnnn3C)CS[C@H]21. The van der Waals surface area contributed by atoms with Gasteiger partial charge in [0, 0.05) is 25.7 Å². The molecule has 3 heterocycles. The Morgan fingerprint density at radius 3 is 2.66 bits per heavy atom. The maximum absolute atomic E-state index is 13.3. The first-order valence-electron chi connectivity index (χ1n) is 10.4.